The van der Waals surface area contributed by atoms with Crippen LogP contribution in [0.4, 0.5) is 0 Å². The Balaban J connectivity index is 1.83. The molecule has 1 aliphatic carbocycles. The summed E-state index contributed by atoms with van der Waals surface area (Å²) in [5, 5.41) is 11.7. The maximum absolute atomic E-state index is 10.4. The van der Waals surface area contributed by atoms with Crippen LogP contribution in [0.3, 0.4) is 0 Å². The standard InChI is InChI=1S/C26H43N3OS/c1-7-8-9-19(3)27-22(16-29-15-12-18(2)23(30)17-29)24-20(4)31-25(28-24)21-10-13-26(5,6)14-11-21/h9,18,21,23,30H,7-8,10-17H2,1-6H3/b19-9+,27-22-. The van der Waals surface area contributed by atoms with Gasteiger partial charge in [0, 0.05) is 29.6 Å². The molecule has 0 aromatic carbocycles. The van der Waals surface area contributed by atoms with Crippen molar-refractivity contribution in [3.63, 3.8) is 0 Å². The zero-order valence-electron chi connectivity index (χ0n) is 20.6. The third-order valence-electron chi connectivity index (χ3n) is 7.19. The second kappa shape index (κ2) is 10.7. The van der Waals surface area contributed by atoms with Crippen LogP contribution in [0.1, 0.15) is 101 Å². The van der Waals surface area contributed by atoms with Crippen LogP contribution in [0, 0.1) is 18.3 Å². The molecule has 4 nitrogen and oxygen atoms in total. The quantitative estimate of drug-likeness (QED) is 0.499. The lowest BCUT2D eigenvalue weighted by molar-refractivity contribution is 0.0359. The topological polar surface area (TPSA) is 48.7 Å². The van der Waals surface area contributed by atoms with Gasteiger partial charge in [-0.3, -0.25) is 9.89 Å². The molecule has 1 saturated carbocycles. The summed E-state index contributed by atoms with van der Waals surface area (Å²) in [6.45, 7) is 16.0. The van der Waals surface area contributed by atoms with E-state index >= 15 is 0 Å². The fraction of sp³-hybridized carbons (Fsp3) is 0.769. The fourth-order valence-corrected chi connectivity index (χ4v) is 5.86. The Kier molecular flexibility index (Phi) is 8.51. The van der Waals surface area contributed by atoms with Gasteiger partial charge in [0.15, 0.2) is 0 Å². The highest BCUT2D eigenvalue weighted by atomic mass is 32.1. The second-order valence-corrected chi connectivity index (χ2v) is 11.9. The van der Waals surface area contributed by atoms with Crippen LogP contribution in [0.15, 0.2) is 16.8 Å². The Morgan fingerprint density at radius 3 is 2.65 bits per heavy atom. The molecule has 0 radical (unpaired) electrons. The lowest BCUT2D eigenvalue weighted by Gasteiger charge is -2.34. The molecule has 31 heavy (non-hydrogen) atoms. The Bertz CT molecular complexity index is 785. The molecule has 2 fully saturated rings. The highest BCUT2D eigenvalue weighted by Crippen LogP contribution is 2.43. The van der Waals surface area contributed by atoms with Crippen molar-refractivity contribution in [3.05, 3.63) is 27.4 Å². The number of β-amino-alcohol motifs (C(OH)–C–C–N with tert-alkyl or cyclic N) is 1. The number of hydrogen-bond donors (Lipinski definition) is 1. The molecule has 0 bridgehead atoms. The number of aromatic nitrogens is 1. The van der Waals surface area contributed by atoms with E-state index in [2.05, 4.69) is 52.5 Å². The van der Waals surface area contributed by atoms with Crippen molar-refractivity contribution in [3.8, 4) is 0 Å². The first-order valence-electron chi connectivity index (χ1n) is 12.3. The predicted molar refractivity (Wildman–Crippen MR) is 133 cm³/mol. The summed E-state index contributed by atoms with van der Waals surface area (Å²) in [7, 11) is 0. The van der Waals surface area contributed by atoms with E-state index < -0.39 is 0 Å². The van der Waals surface area contributed by atoms with E-state index in [-0.39, 0.29) is 6.10 Å². The van der Waals surface area contributed by atoms with Gasteiger partial charge < -0.3 is 5.11 Å². The molecular formula is C26H43N3OS. The Morgan fingerprint density at radius 2 is 2.00 bits per heavy atom. The maximum atomic E-state index is 10.4. The molecule has 1 aliphatic heterocycles. The molecule has 2 heterocycles. The zero-order chi connectivity index (χ0) is 22.6. The summed E-state index contributed by atoms with van der Waals surface area (Å²) in [5.41, 5.74) is 3.71. The van der Waals surface area contributed by atoms with Crippen molar-refractivity contribution in [2.24, 2.45) is 16.3 Å². The Morgan fingerprint density at radius 1 is 1.29 bits per heavy atom. The van der Waals surface area contributed by atoms with Gasteiger partial charge in [0.2, 0.25) is 0 Å². The minimum absolute atomic E-state index is 0.246. The van der Waals surface area contributed by atoms with Crippen LogP contribution in [-0.4, -0.2) is 46.4 Å². The fourth-order valence-electron chi connectivity index (χ4n) is 4.75. The van der Waals surface area contributed by atoms with E-state index in [0.29, 0.717) is 17.3 Å². The maximum Gasteiger partial charge on any atom is 0.0999 e. The van der Waals surface area contributed by atoms with Crippen molar-refractivity contribution in [2.75, 3.05) is 19.6 Å². The molecule has 1 saturated heterocycles. The molecule has 2 aliphatic rings. The number of likely N-dealkylation sites (tertiary alicyclic amines) is 1. The highest BCUT2D eigenvalue weighted by molar-refractivity contribution is 7.12. The predicted octanol–water partition coefficient (Wildman–Crippen LogP) is 6.33. The third-order valence-corrected chi connectivity index (χ3v) is 8.32. The minimum atomic E-state index is -0.246. The highest BCUT2D eigenvalue weighted by Gasteiger charge is 2.31. The molecule has 1 aromatic rings. The SMILES string of the molecule is CCC/C=C(C)/N=C(/CN1CCC(C)C(O)C1)c1nc(C2CCC(C)(C)CC2)sc1C. The average Bonchev–Trinajstić information content (AvgIpc) is 3.10. The zero-order valence-corrected chi connectivity index (χ0v) is 21.4. The number of aliphatic hydroxyl groups excluding tert-OH is 1. The van der Waals surface area contributed by atoms with E-state index in [1.807, 2.05) is 11.3 Å². The molecule has 2 unspecified atom stereocenters. The number of aryl methyl sites for hydroxylation is 1. The van der Waals surface area contributed by atoms with E-state index in [9.17, 15) is 5.11 Å². The van der Waals surface area contributed by atoms with Crippen molar-refractivity contribution in [2.45, 2.75) is 98.5 Å². The summed E-state index contributed by atoms with van der Waals surface area (Å²) >= 11 is 1.88. The lowest BCUT2D eigenvalue weighted by atomic mass is 9.73. The van der Waals surface area contributed by atoms with Crippen molar-refractivity contribution in [1.82, 2.24) is 9.88 Å². The minimum Gasteiger partial charge on any atom is -0.392 e. The molecule has 174 valence electrons. The van der Waals surface area contributed by atoms with Crippen LogP contribution in [0.5, 0.6) is 0 Å². The number of thiazole rings is 1. The van der Waals surface area contributed by atoms with Crippen LogP contribution < -0.4 is 0 Å². The van der Waals surface area contributed by atoms with Crippen molar-refractivity contribution in [1.29, 1.82) is 0 Å². The molecule has 0 spiro atoms. The first kappa shape index (κ1) is 24.6. The second-order valence-electron chi connectivity index (χ2n) is 10.7. The normalized spacial score (nSPS) is 26.4. The molecule has 1 aromatic heterocycles. The Labute approximate surface area is 193 Å². The summed E-state index contributed by atoms with van der Waals surface area (Å²) < 4.78 is 0. The van der Waals surface area contributed by atoms with Gasteiger partial charge in [0.1, 0.15) is 0 Å². The number of unbranched alkanes of at least 4 members (excludes halogenated alkanes) is 1. The number of nitrogens with zero attached hydrogens (tertiary/aromatic N) is 3. The smallest absolute Gasteiger partial charge is 0.0999 e. The van der Waals surface area contributed by atoms with Crippen molar-refractivity contribution >= 4 is 17.0 Å². The van der Waals surface area contributed by atoms with Crippen LogP contribution in [-0.2, 0) is 0 Å². The number of aliphatic imine (C=N–C) groups is 1. The van der Waals surface area contributed by atoms with Gasteiger partial charge in [-0.05, 0) is 70.3 Å². The van der Waals surface area contributed by atoms with Crippen LogP contribution in [0.25, 0.3) is 0 Å². The summed E-state index contributed by atoms with van der Waals surface area (Å²) in [6.07, 6.45) is 10.3. The van der Waals surface area contributed by atoms with E-state index in [1.165, 1.54) is 35.6 Å². The number of aliphatic hydroxyl groups is 1. The van der Waals surface area contributed by atoms with Gasteiger partial charge in [-0.1, -0.05) is 40.2 Å². The molecule has 1 N–H and O–H groups in total. The van der Waals surface area contributed by atoms with E-state index in [4.69, 9.17) is 9.98 Å². The summed E-state index contributed by atoms with van der Waals surface area (Å²) in [5.74, 6) is 0.979. The lowest BCUT2D eigenvalue weighted by Crippen LogP contribution is -2.45. The number of piperidine rings is 1. The first-order valence-corrected chi connectivity index (χ1v) is 13.1. The average molecular weight is 446 g/mol. The van der Waals surface area contributed by atoms with Crippen LogP contribution >= 0.6 is 11.3 Å². The monoisotopic (exact) mass is 445 g/mol. The summed E-state index contributed by atoms with van der Waals surface area (Å²) in [6, 6.07) is 0. The molecular weight excluding hydrogens is 402 g/mol. The van der Waals surface area contributed by atoms with E-state index in [1.54, 1.807) is 0 Å². The molecule has 5 heteroatoms. The van der Waals surface area contributed by atoms with Gasteiger partial charge in [-0.15, -0.1) is 11.3 Å². The van der Waals surface area contributed by atoms with Gasteiger partial charge in [0.05, 0.1) is 22.5 Å². The third kappa shape index (κ3) is 6.72. The number of allylic oxidation sites excluding steroid dienone is 2. The first-order chi connectivity index (χ1) is 14.7. The molecule has 2 atom stereocenters. The van der Waals surface area contributed by atoms with Crippen LogP contribution in [0.2, 0.25) is 0 Å². The van der Waals surface area contributed by atoms with Crippen molar-refractivity contribution < 1.29 is 5.11 Å². The largest absolute Gasteiger partial charge is 0.392 e. The summed E-state index contributed by atoms with van der Waals surface area (Å²) in [4.78, 5) is 13.9. The number of hydrogen-bond acceptors (Lipinski definition) is 5. The van der Waals surface area contributed by atoms with E-state index in [0.717, 1.165) is 56.0 Å². The Hall–Kier alpha value is -1.04. The molecule has 3 rings (SSSR count). The van der Waals surface area contributed by atoms with Gasteiger partial charge in [0.25, 0.3) is 0 Å². The van der Waals surface area contributed by atoms with Gasteiger partial charge in [-0.25, -0.2) is 4.98 Å². The molecule has 0 amide bonds. The number of rotatable bonds is 7. The van der Waals surface area contributed by atoms with Gasteiger partial charge in [-0.2, -0.15) is 0 Å². The van der Waals surface area contributed by atoms with Gasteiger partial charge >= 0.3 is 0 Å².